The molecule has 5 rings (SSSR count). The summed E-state index contributed by atoms with van der Waals surface area (Å²) in [5.74, 6) is 0.545. The summed E-state index contributed by atoms with van der Waals surface area (Å²) in [6.45, 7) is 3.93. The molecule has 7 heteroatoms. The summed E-state index contributed by atoms with van der Waals surface area (Å²) >= 11 is 0. The molecule has 0 spiro atoms. The summed E-state index contributed by atoms with van der Waals surface area (Å²) in [5, 5.41) is 16.7. The molecule has 2 heterocycles. The van der Waals surface area contributed by atoms with Crippen molar-refractivity contribution in [2.45, 2.75) is 19.4 Å². The quantitative estimate of drug-likeness (QED) is 0.200. The predicted octanol–water partition coefficient (Wildman–Crippen LogP) is 5.16. The Bertz CT molecular complexity index is 1410. The van der Waals surface area contributed by atoms with Crippen LogP contribution >= 0.6 is 0 Å². The number of hydrogen-bond acceptors (Lipinski definition) is 5. The first kappa shape index (κ1) is 24.6. The van der Waals surface area contributed by atoms with Crippen LogP contribution in [0.2, 0.25) is 0 Å². The normalized spacial score (nSPS) is 15.4. The Morgan fingerprint density at radius 3 is 2.95 bits per heavy atom. The average Bonchev–Trinajstić information content (AvgIpc) is 3.32. The number of anilines is 2. The van der Waals surface area contributed by atoms with Crippen molar-refractivity contribution in [2.24, 2.45) is 0 Å². The van der Waals surface area contributed by atoms with E-state index in [-0.39, 0.29) is 18.6 Å². The van der Waals surface area contributed by atoms with E-state index in [1.807, 2.05) is 77.8 Å². The fraction of sp³-hybridized carbons (Fsp3) is 0.233. The third kappa shape index (κ3) is 5.53. The first-order chi connectivity index (χ1) is 18.1. The maximum absolute atomic E-state index is 13.8. The van der Waals surface area contributed by atoms with E-state index in [1.54, 1.807) is 6.26 Å². The highest BCUT2D eigenvalue weighted by molar-refractivity contribution is 6.08. The summed E-state index contributed by atoms with van der Waals surface area (Å²) in [6, 6.07) is 22.1. The number of benzene rings is 3. The number of nitrogens with zero attached hydrogens (tertiary/aromatic N) is 1. The van der Waals surface area contributed by atoms with Crippen molar-refractivity contribution < 1.29 is 14.6 Å². The minimum atomic E-state index is -0.0607. The summed E-state index contributed by atoms with van der Waals surface area (Å²) in [7, 11) is 0. The van der Waals surface area contributed by atoms with Gasteiger partial charge in [0, 0.05) is 48.5 Å². The molecule has 0 saturated carbocycles. The Balaban J connectivity index is 1.48. The number of aliphatic hydroxyl groups is 1. The number of H-pyrrole nitrogens is 1. The average molecular weight is 497 g/mol. The first-order valence-electron chi connectivity index (χ1n) is 12.7. The third-order valence-corrected chi connectivity index (χ3v) is 6.56. The van der Waals surface area contributed by atoms with Crippen molar-refractivity contribution in [1.82, 2.24) is 10.3 Å². The largest absolute Gasteiger partial charge is 0.465 e. The van der Waals surface area contributed by atoms with E-state index >= 15 is 0 Å². The number of aromatic amines is 1. The van der Waals surface area contributed by atoms with Crippen molar-refractivity contribution in [2.75, 3.05) is 36.5 Å². The smallest absolute Gasteiger partial charge is 0.258 e. The second kappa shape index (κ2) is 11.3. The molecule has 1 aromatic heterocycles. The Labute approximate surface area is 216 Å². The van der Waals surface area contributed by atoms with Gasteiger partial charge in [0.15, 0.2) is 0 Å². The number of aromatic nitrogens is 1. The number of carbonyl (C=O) groups excluding carboxylic acids is 1. The topological polar surface area (TPSA) is 89.6 Å². The zero-order valence-corrected chi connectivity index (χ0v) is 20.9. The summed E-state index contributed by atoms with van der Waals surface area (Å²) in [6.07, 6.45) is 6.24. The predicted molar refractivity (Wildman–Crippen MR) is 149 cm³/mol. The molecular formula is C30H32N4O3. The van der Waals surface area contributed by atoms with Crippen LogP contribution in [0.5, 0.6) is 5.75 Å². The van der Waals surface area contributed by atoms with Gasteiger partial charge in [-0.1, -0.05) is 18.2 Å². The lowest BCUT2D eigenvalue weighted by atomic mass is 10.0. The van der Waals surface area contributed by atoms with Gasteiger partial charge in [-0.25, -0.2) is 0 Å². The lowest BCUT2D eigenvalue weighted by Crippen LogP contribution is -2.32. The van der Waals surface area contributed by atoms with Crippen LogP contribution in [0.25, 0.3) is 22.0 Å². The molecule has 0 bridgehead atoms. The summed E-state index contributed by atoms with van der Waals surface area (Å²) < 4.78 is 6.08. The molecule has 1 unspecified atom stereocenters. The van der Waals surface area contributed by atoms with Gasteiger partial charge in [0.1, 0.15) is 5.75 Å². The number of fused-ring (bicyclic) bond motifs is 2. The van der Waals surface area contributed by atoms with E-state index in [9.17, 15) is 4.79 Å². The van der Waals surface area contributed by atoms with E-state index < -0.39 is 0 Å². The second-order valence-corrected chi connectivity index (χ2v) is 9.22. The van der Waals surface area contributed by atoms with Crippen LogP contribution in [0, 0.1) is 0 Å². The van der Waals surface area contributed by atoms with Crippen LogP contribution in [-0.2, 0) is 0 Å². The van der Waals surface area contributed by atoms with Crippen molar-refractivity contribution in [1.29, 1.82) is 0 Å². The first-order valence-corrected chi connectivity index (χ1v) is 12.7. The molecule has 0 radical (unpaired) electrons. The number of rotatable bonds is 8. The Kier molecular flexibility index (Phi) is 7.54. The highest BCUT2D eigenvalue weighted by atomic mass is 16.5. The fourth-order valence-corrected chi connectivity index (χ4v) is 4.62. The van der Waals surface area contributed by atoms with Gasteiger partial charge in [0.2, 0.25) is 0 Å². The van der Waals surface area contributed by atoms with E-state index in [1.165, 1.54) is 0 Å². The minimum absolute atomic E-state index is 0.0607. The fourth-order valence-electron chi connectivity index (χ4n) is 4.62. The van der Waals surface area contributed by atoms with E-state index in [4.69, 9.17) is 9.84 Å². The van der Waals surface area contributed by atoms with Crippen molar-refractivity contribution in [3.63, 3.8) is 0 Å². The van der Waals surface area contributed by atoms with Crippen LogP contribution in [-0.4, -0.2) is 48.3 Å². The number of amides is 1. The number of carbonyl (C=O) groups is 1. The summed E-state index contributed by atoms with van der Waals surface area (Å²) in [4.78, 5) is 18.9. The Morgan fingerprint density at radius 2 is 2.05 bits per heavy atom. The molecule has 7 nitrogen and oxygen atoms in total. The van der Waals surface area contributed by atoms with Gasteiger partial charge < -0.3 is 30.4 Å². The van der Waals surface area contributed by atoms with Crippen LogP contribution in [0.3, 0.4) is 0 Å². The lowest BCUT2D eigenvalue weighted by molar-refractivity contribution is 0.0986. The monoisotopic (exact) mass is 496 g/mol. The number of aliphatic hydroxyl groups excluding tert-OH is 1. The number of para-hydroxylation sites is 2. The zero-order valence-electron chi connectivity index (χ0n) is 20.9. The number of hydrogen-bond donors (Lipinski definition) is 4. The number of nitrogens with one attached hydrogen (secondary N) is 3. The van der Waals surface area contributed by atoms with Crippen LogP contribution < -0.4 is 20.3 Å². The van der Waals surface area contributed by atoms with Gasteiger partial charge in [-0.3, -0.25) is 4.79 Å². The molecule has 1 aliphatic heterocycles. The van der Waals surface area contributed by atoms with E-state index in [0.29, 0.717) is 30.9 Å². The molecule has 1 aliphatic rings. The molecule has 4 aromatic rings. The molecule has 4 N–H and O–H groups in total. The highest BCUT2D eigenvalue weighted by Gasteiger charge is 2.25. The third-order valence-electron chi connectivity index (χ3n) is 6.56. The molecule has 0 fully saturated rings. The molecule has 37 heavy (non-hydrogen) atoms. The molecule has 1 atom stereocenters. The van der Waals surface area contributed by atoms with Gasteiger partial charge in [0.25, 0.3) is 5.91 Å². The Morgan fingerprint density at radius 1 is 1.16 bits per heavy atom. The Hall–Kier alpha value is -4.07. The van der Waals surface area contributed by atoms with Gasteiger partial charge in [-0.15, -0.1) is 0 Å². The molecule has 3 aromatic carbocycles. The lowest BCUT2D eigenvalue weighted by Gasteiger charge is -2.23. The highest BCUT2D eigenvalue weighted by Crippen LogP contribution is 2.35. The van der Waals surface area contributed by atoms with E-state index in [2.05, 4.69) is 28.6 Å². The van der Waals surface area contributed by atoms with Crippen molar-refractivity contribution >= 4 is 28.2 Å². The van der Waals surface area contributed by atoms with Crippen LogP contribution in [0.1, 0.15) is 23.7 Å². The van der Waals surface area contributed by atoms with E-state index in [0.717, 1.165) is 39.8 Å². The molecule has 0 aliphatic carbocycles. The minimum Gasteiger partial charge on any atom is -0.465 e. The molecular weight excluding hydrogens is 464 g/mol. The van der Waals surface area contributed by atoms with Gasteiger partial charge >= 0.3 is 0 Å². The summed E-state index contributed by atoms with van der Waals surface area (Å²) in [5.41, 5.74) is 5.39. The van der Waals surface area contributed by atoms with Crippen LogP contribution in [0.15, 0.2) is 85.3 Å². The van der Waals surface area contributed by atoms with Gasteiger partial charge in [-0.05, 0) is 78.9 Å². The zero-order chi connectivity index (χ0) is 25.6. The number of ether oxygens (including phenoxy) is 1. The maximum Gasteiger partial charge on any atom is 0.258 e. The molecule has 0 saturated heterocycles. The van der Waals surface area contributed by atoms with Gasteiger partial charge in [0.05, 0.1) is 24.2 Å². The maximum atomic E-state index is 13.8. The second-order valence-electron chi connectivity index (χ2n) is 9.22. The standard InChI is InChI=1S/C30H32N4O3/c1-21-12-16-34(28-6-3-2-5-27(28)33-21)30(36)24-7-9-25(22-8-10-26-23(19-22)11-14-32-26)29(20-24)37-18-4-13-31-15-17-35/h2-11,14,18-21,31-33,35H,12-13,15-17H2,1H3/b18-4+. The molecule has 1 amide bonds. The molecule has 190 valence electrons. The van der Waals surface area contributed by atoms with Crippen LogP contribution in [0.4, 0.5) is 11.4 Å². The SMILES string of the molecule is CC1CCN(C(=O)c2ccc(-c3ccc4[nH]ccc4c3)c(O/C=C/CNCCO)c2)c2ccccc2N1. The van der Waals surface area contributed by atoms with Crippen molar-refractivity contribution in [3.05, 3.63) is 90.8 Å². The van der Waals surface area contributed by atoms with Crippen molar-refractivity contribution in [3.8, 4) is 16.9 Å². The van der Waals surface area contributed by atoms with Gasteiger partial charge in [-0.2, -0.15) is 0 Å².